The molecule has 0 aliphatic rings. The quantitative estimate of drug-likeness (QED) is 0.151. The Balaban J connectivity index is 2.16. The fourth-order valence-corrected chi connectivity index (χ4v) is 5.10. The number of anilines is 1. The lowest BCUT2D eigenvalue weighted by Gasteiger charge is -2.15. The van der Waals surface area contributed by atoms with Crippen LogP contribution in [0.5, 0.6) is 0 Å². The standard InChI is InChI=1S/C29H50N2O2S/c1-22(2)10-7-11-23(3)12-8-13-24(4)14-9-15-25(5)18-19-34-21-27(29(32)33)31-28-17-16-26(6)20-30-28/h16-18,20,22-24,27H,7-15,19,21H2,1-6H3,(H,30,31)(H,32,33)/b25-18+. The molecule has 0 bridgehead atoms. The van der Waals surface area contributed by atoms with Crippen molar-refractivity contribution < 1.29 is 9.90 Å². The molecular formula is C29H50N2O2S. The average molecular weight is 491 g/mol. The van der Waals surface area contributed by atoms with Gasteiger partial charge < -0.3 is 10.4 Å². The first-order valence-electron chi connectivity index (χ1n) is 13.3. The van der Waals surface area contributed by atoms with Gasteiger partial charge in [-0.25, -0.2) is 9.78 Å². The Hall–Kier alpha value is -1.49. The van der Waals surface area contributed by atoms with E-state index in [1.165, 1.54) is 56.9 Å². The van der Waals surface area contributed by atoms with Gasteiger partial charge in [0.15, 0.2) is 0 Å². The van der Waals surface area contributed by atoms with Crippen LogP contribution in [-0.2, 0) is 4.79 Å². The van der Waals surface area contributed by atoms with Crippen LogP contribution in [0.4, 0.5) is 5.82 Å². The van der Waals surface area contributed by atoms with Crippen molar-refractivity contribution in [3.05, 3.63) is 35.5 Å². The highest BCUT2D eigenvalue weighted by molar-refractivity contribution is 7.99. The van der Waals surface area contributed by atoms with Gasteiger partial charge in [0.05, 0.1) is 0 Å². The normalized spacial score (nSPS) is 14.7. The average Bonchev–Trinajstić information content (AvgIpc) is 2.76. The number of aryl methyl sites for hydroxylation is 1. The van der Waals surface area contributed by atoms with E-state index in [0.717, 1.165) is 35.5 Å². The first kappa shape index (κ1) is 30.5. The number of nitrogens with zero attached hydrogens (tertiary/aromatic N) is 1. The lowest BCUT2D eigenvalue weighted by atomic mass is 9.91. The van der Waals surface area contributed by atoms with Crippen molar-refractivity contribution in [3.63, 3.8) is 0 Å². The minimum Gasteiger partial charge on any atom is -0.480 e. The topological polar surface area (TPSA) is 62.2 Å². The summed E-state index contributed by atoms with van der Waals surface area (Å²) >= 11 is 1.65. The first-order chi connectivity index (χ1) is 16.2. The Morgan fingerprint density at radius 2 is 1.65 bits per heavy atom. The maximum Gasteiger partial charge on any atom is 0.327 e. The second kappa shape index (κ2) is 17.9. The summed E-state index contributed by atoms with van der Waals surface area (Å²) in [5.41, 5.74) is 2.47. The number of nitrogens with one attached hydrogen (secondary N) is 1. The molecule has 3 atom stereocenters. The fraction of sp³-hybridized carbons (Fsp3) is 0.724. The van der Waals surface area contributed by atoms with Crippen LogP contribution in [0.15, 0.2) is 30.0 Å². The highest BCUT2D eigenvalue weighted by atomic mass is 32.2. The molecule has 5 heteroatoms. The molecule has 0 saturated carbocycles. The molecule has 4 nitrogen and oxygen atoms in total. The number of carboxylic acids is 1. The van der Waals surface area contributed by atoms with Crippen molar-refractivity contribution >= 4 is 23.5 Å². The maximum absolute atomic E-state index is 11.6. The Morgan fingerprint density at radius 1 is 1.03 bits per heavy atom. The maximum atomic E-state index is 11.6. The molecule has 0 aromatic carbocycles. The number of thioether (sulfide) groups is 1. The molecular weight excluding hydrogens is 440 g/mol. The highest BCUT2D eigenvalue weighted by Crippen LogP contribution is 2.22. The number of pyridine rings is 1. The van der Waals surface area contributed by atoms with Gasteiger partial charge in [0.1, 0.15) is 11.9 Å². The van der Waals surface area contributed by atoms with E-state index >= 15 is 0 Å². The molecule has 1 rings (SSSR count). The summed E-state index contributed by atoms with van der Waals surface area (Å²) in [4.78, 5) is 15.8. The molecule has 1 aromatic rings. The van der Waals surface area contributed by atoms with Gasteiger partial charge in [0.2, 0.25) is 0 Å². The molecule has 194 valence electrons. The first-order valence-corrected chi connectivity index (χ1v) is 14.5. The zero-order valence-electron chi connectivity index (χ0n) is 22.6. The monoisotopic (exact) mass is 490 g/mol. The summed E-state index contributed by atoms with van der Waals surface area (Å²) in [6.45, 7) is 13.6. The van der Waals surface area contributed by atoms with Gasteiger partial charge in [0.25, 0.3) is 0 Å². The third-order valence-electron chi connectivity index (χ3n) is 6.51. The molecule has 0 saturated heterocycles. The zero-order valence-corrected chi connectivity index (χ0v) is 23.4. The molecule has 0 aliphatic heterocycles. The van der Waals surface area contributed by atoms with E-state index in [4.69, 9.17) is 0 Å². The van der Waals surface area contributed by atoms with Gasteiger partial charge in [-0.1, -0.05) is 90.4 Å². The smallest absolute Gasteiger partial charge is 0.327 e. The molecule has 3 unspecified atom stereocenters. The van der Waals surface area contributed by atoms with Gasteiger partial charge in [-0.05, 0) is 56.1 Å². The molecule has 0 spiro atoms. The molecule has 0 amide bonds. The Bertz CT molecular complexity index is 703. The Morgan fingerprint density at radius 3 is 2.21 bits per heavy atom. The summed E-state index contributed by atoms with van der Waals surface area (Å²) < 4.78 is 0. The van der Waals surface area contributed by atoms with Crippen molar-refractivity contribution in [2.75, 3.05) is 16.8 Å². The predicted molar refractivity (Wildman–Crippen MR) is 150 cm³/mol. The molecule has 1 aromatic heterocycles. The number of hydrogen-bond donors (Lipinski definition) is 2. The number of carboxylic acid groups (broad SMARTS) is 1. The van der Waals surface area contributed by atoms with Gasteiger partial charge in [-0.15, -0.1) is 0 Å². The molecule has 0 radical (unpaired) electrons. The van der Waals surface area contributed by atoms with Gasteiger partial charge in [-0.2, -0.15) is 11.8 Å². The van der Waals surface area contributed by atoms with Crippen LogP contribution < -0.4 is 5.32 Å². The summed E-state index contributed by atoms with van der Waals surface area (Å²) in [7, 11) is 0. The van der Waals surface area contributed by atoms with Crippen LogP contribution >= 0.6 is 11.8 Å². The van der Waals surface area contributed by atoms with Crippen LogP contribution in [0, 0.1) is 24.7 Å². The van der Waals surface area contributed by atoms with Gasteiger partial charge in [0, 0.05) is 17.7 Å². The summed E-state index contributed by atoms with van der Waals surface area (Å²) in [6, 6.07) is 3.13. The van der Waals surface area contributed by atoms with E-state index in [1.807, 2.05) is 19.1 Å². The summed E-state index contributed by atoms with van der Waals surface area (Å²) in [6.07, 6.45) is 15.9. The van der Waals surface area contributed by atoms with Crippen LogP contribution in [-0.4, -0.2) is 33.6 Å². The molecule has 0 fully saturated rings. The zero-order chi connectivity index (χ0) is 25.3. The lowest BCUT2D eigenvalue weighted by molar-refractivity contribution is -0.137. The third kappa shape index (κ3) is 15.4. The third-order valence-corrected chi connectivity index (χ3v) is 7.48. The SMILES string of the molecule is C/C(=C\CSCC(Nc1ccc(C)cn1)C(=O)O)CCCC(C)CCCC(C)CCCC(C)C. The Kier molecular flexibility index (Phi) is 16.1. The number of hydrogen-bond acceptors (Lipinski definition) is 4. The summed E-state index contributed by atoms with van der Waals surface area (Å²) in [5.74, 6) is 3.66. The summed E-state index contributed by atoms with van der Waals surface area (Å²) in [5, 5.41) is 12.5. The van der Waals surface area contributed by atoms with Gasteiger partial charge in [-0.3, -0.25) is 0 Å². The Labute approximate surface area is 213 Å². The van der Waals surface area contributed by atoms with E-state index in [1.54, 1.807) is 18.0 Å². The number of allylic oxidation sites excluding steroid dienone is 1. The van der Waals surface area contributed by atoms with Gasteiger partial charge >= 0.3 is 5.97 Å². The molecule has 0 aliphatic carbocycles. The molecule has 1 heterocycles. The minimum atomic E-state index is -0.838. The number of carbonyl (C=O) groups is 1. The second-order valence-electron chi connectivity index (χ2n) is 10.7. The largest absolute Gasteiger partial charge is 0.480 e. The van der Waals surface area contributed by atoms with Crippen molar-refractivity contribution in [3.8, 4) is 0 Å². The number of aliphatic carboxylic acids is 1. The van der Waals surface area contributed by atoms with Crippen molar-refractivity contribution in [1.29, 1.82) is 0 Å². The van der Waals surface area contributed by atoms with Crippen LogP contribution in [0.1, 0.15) is 98.0 Å². The molecule has 34 heavy (non-hydrogen) atoms. The predicted octanol–water partition coefficient (Wildman–Crippen LogP) is 8.37. The van der Waals surface area contributed by atoms with E-state index in [2.05, 4.69) is 51.0 Å². The van der Waals surface area contributed by atoms with Crippen LogP contribution in [0.2, 0.25) is 0 Å². The fourth-order valence-electron chi connectivity index (χ4n) is 4.10. The van der Waals surface area contributed by atoms with Crippen molar-refractivity contribution in [2.24, 2.45) is 17.8 Å². The number of rotatable bonds is 19. The second-order valence-corrected chi connectivity index (χ2v) is 11.8. The number of aromatic nitrogens is 1. The van der Waals surface area contributed by atoms with Crippen LogP contribution in [0.3, 0.4) is 0 Å². The van der Waals surface area contributed by atoms with Crippen molar-refractivity contribution in [1.82, 2.24) is 4.98 Å². The van der Waals surface area contributed by atoms with E-state index in [0.29, 0.717) is 11.6 Å². The van der Waals surface area contributed by atoms with Crippen molar-refractivity contribution in [2.45, 2.75) is 105 Å². The van der Waals surface area contributed by atoms with E-state index < -0.39 is 12.0 Å². The van der Waals surface area contributed by atoms with E-state index in [9.17, 15) is 9.90 Å². The van der Waals surface area contributed by atoms with Crippen LogP contribution in [0.25, 0.3) is 0 Å². The highest BCUT2D eigenvalue weighted by Gasteiger charge is 2.17. The van der Waals surface area contributed by atoms with E-state index in [-0.39, 0.29) is 0 Å². The minimum absolute atomic E-state index is 0.515. The molecule has 2 N–H and O–H groups in total. The lowest BCUT2D eigenvalue weighted by Crippen LogP contribution is -2.32.